The lowest BCUT2D eigenvalue weighted by Crippen LogP contribution is -2.15. The van der Waals surface area contributed by atoms with E-state index in [-0.39, 0.29) is 15.7 Å². The second-order valence-electron chi connectivity index (χ2n) is 7.20. The fourth-order valence-corrected chi connectivity index (χ4v) is 5.20. The second kappa shape index (κ2) is 7.78. The Morgan fingerprint density at radius 1 is 1.13 bits per heavy atom. The van der Waals surface area contributed by atoms with Gasteiger partial charge in [0.15, 0.2) is 5.13 Å². The molecule has 1 fully saturated rings. The molecule has 0 radical (unpaired) electrons. The first-order valence-electron chi connectivity index (χ1n) is 9.62. The van der Waals surface area contributed by atoms with Gasteiger partial charge in [0, 0.05) is 23.3 Å². The van der Waals surface area contributed by atoms with Crippen LogP contribution in [0.4, 0.5) is 26.7 Å². The molecule has 0 bridgehead atoms. The Bertz CT molecular complexity index is 1300. The van der Waals surface area contributed by atoms with Crippen molar-refractivity contribution in [2.45, 2.75) is 23.7 Å². The molecule has 4 aromatic rings. The standard InChI is InChI=1S/C21H18FN5O2S2/c22-18-13-17(31(28,29)26-21-23-10-11-30-21)6-7-19(18)27(20-8-9-24-25-20)16-3-1-2-15(12-16)14-4-5-14/h1-3,6-14H,4-5H2,(H,23,26)(H,24,25). The number of thiazole rings is 1. The van der Waals surface area contributed by atoms with Crippen LogP contribution in [0.2, 0.25) is 0 Å². The van der Waals surface area contributed by atoms with E-state index in [0.29, 0.717) is 11.7 Å². The van der Waals surface area contributed by atoms with Gasteiger partial charge < -0.3 is 0 Å². The zero-order valence-electron chi connectivity index (χ0n) is 16.2. The fraction of sp³-hybridized carbons (Fsp3) is 0.143. The van der Waals surface area contributed by atoms with E-state index in [1.54, 1.807) is 22.5 Å². The number of halogens is 1. The topological polar surface area (TPSA) is 91.0 Å². The summed E-state index contributed by atoms with van der Waals surface area (Å²) in [6, 6.07) is 13.5. The van der Waals surface area contributed by atoms with E-state index >= 15 is 4.39 Å². The number of sulfonamides is 1. The molecule has 0 saturated heterocycles. The molecule has 0 unspecified atom stereocenters. The Morgan fingerprint density at radius 2 is 2.00 bits per heavy atom. The summed E-state index contributed by atoms with van der Waals surface area (Å²) in [7, 11) is -3.96. The van der Waals surface area contributed by atoms with Gasteiger partial charge >= 0.3 is 0 Å². The van der Waals surface area contributed by atoms with Crippen LogP contribution in [0.25, 0.3) is 0 Å². The van der Waals surface area contributed by atoms with Crippen molar-refractivity contribution < 1.29 is 12.8 Å². The van der Waals surface area contributed by atoms with Gasteiger partial charge in [0.05, 0.1) is 16.8 Å². The van der Waals surface area contributed by atoms with Gasteiger partial charge in [-0.25, -0.2) is 17.8 Å². The summed E-state index contributed by atoms with van der Waals surface area (Å²) in [5.41, 5.74) is 2.18. The van der Waals surface area contributed by atoms with E-state index in [0.717, 1.165) is 35.9 Å². The van der Waals surface area contributed by atoms with Crippen LogP contribution in [0, 0.1) is 5.82 Å². The fourth-order valence-electron chi connectivity index (χ4n) is 3.40. The number of rotatable bonds is 7. The predicted molar refractivity (Wildman–Crippen MR) is 118 cm³/mol. The van der Waals surface area contributed by atoms with Crippen LogP contribution in [0.1, 0.15) is 24.3 Å². The lowest BCUT2D eigenvalue weighted by atomic mass is 10.1. The van der Waals surface area contributed by atoms with E-state index in [1.165, 1.54) is 23.9 Å². The molecule has 2 N–H and O–H groups in total. The monoisotopic (exact) mass is 455 g/mol. The van der Waals surface area contributed by atoms with Crippen molar-refractivity contribution >= 4 is 43.7 Å². The molecule has 2 aromatic heterocycles. The first-order chi connectivity index (χ1) is 15.0. The van der Waals surface area contributed by atoms with E-state index in [1.807, 2.05) is 18.2 Å². The third kappa shape index (κ3) is 4.04. The first-order valence-corrected chi connectivity index (χ1v) is 12.0. The van der Waals surface area contributed by atoms with Gasteiger partial charge in [-0.2, -0.15) is 5.10 Å². The first kappa shape index (κ1) is 19.7. The SMILES string of the molecule is O=S(=O)(Nc1nccs1)c1ccc(N(c2cccc(C3CC3)c2)c2ccn[nH]2)c(F)c1. The largest absolute Gasteiger partial charge is 0.292 e. The van der Waals surface area contributed by atoms with Crippen LogP contribution in [0.15, 0.2) is 71.2 Å². The highest BCUT2D eigenvalue weighted by Crippen LogP contribution is 2.43. The second-order valence-corrected chi connectivity index (χ2v) is 9.78. The number of nitrogens with one attached hydrogen (secondary N) is 2. The zero-order chi connectivity index (χ0) is 21.4. The van der Waals surface area contributed by atoms with Crippen molar-refractivity contribution in [2.24, 2.45) is 0 Å². The number of aromatic amines is 1. The van der Waals surface area contributed by atoms with Crippen LogP contribution in [-0.2, 0) is 10.0 Å². The average molecular weight is 456 g/mol. The van der Waals surface area contributed by atoms with Crippen molar-refractivity contribution in [2.75, 3.05) is 9.62 Å². The highest BCUT2D eigenvalue weighted by atomic mass is 32.2. The lowest BCUT2D eigenvalue weighted by Gasteiger charge is -2.24. The summed E-state index contributed by atoms with van der Waals surface area (Å²) in [5, 5.41) is 8.74. The van der Waals surface area contributed by atoms with E-state index in [4.69, 9.17) is 0 Å². The molecule has 5 rings (SSSR count). The molecule has 0 amide bonds. The molecular formula is C21H18FN5O2S2. The number of benzene rings is 2. The average Bonchev–Trinajstić information content (AvgIpc) is 3.23. The highest BCUT2D eigenvalue weighted by molar-refractivity contribution is 7.93. The van der Waals surface area contributed by atoms with Crippen molar-refractivity contribution in [3.8, 4) is 0 Å². The van der Waals surface area contributed by atoms with Crippen molar-refractivity contribution in [1.29, 1.82) is 0 Å². The molecule has 1 aliphatic rings. The molecule has 158 valence electrons. The third-order valence-corrected chi connectivity index (χ3v) is 7.18. The van der Waals surface area contributed by atoms with Gasteiger partial charge in [-0.05, 0) is 54.7 Å². The molecular weight excluding hydrogens is 437 g/mol. The van der Waals surface area contributed by atoms with Crippen LogP contribution in [0.5, 0.6) is 0 Å². The maximum Gasteiger partial charge on any atom is 0.263 e. The molecule has 1 saturated carbocycles. The van der Waals surface area contributed by atoms with Crippen molar-refractivity contribution in [3.05, 3.63) is 77.7 Å². The minimum Gasteiger partial charge on any atom is -0.292 e. The van der Waals surface area contributed by atoms with Crippen molar-refractivity contribution in [3.63, 3.8) is 0 Å². The summed E-state index contributed by atoms with van der Waals surface area (Å²) in [6.07, 6.45) is 5.38. The normalized spacial score (nSPS) is 13.8. The van der Waals surface area contributed by atoms with Crippen molar-refractivity contribution in [1.82, 2.24) is 15.2 Å². The number of H-pyrrole nitrogens is 1. The van der Waals surface area contributed by atoms with Gasteiger partial charge in [0.2, 0.25) is 0 Å². The molecule has 7 nitrogen and oxygen atoms in total. The number of hydrogen-bond donors (Lipinski definition) is 2. The summed E-state index contributed by atoms with van der Waals surface area (Å²) in [6.45, 7) is 0. The summed E-state index contributed by atoms with van der Waals surface area (Å²) < 4.78 is 42.9. The van der Waals surface area contributed by atoms with Gasteiger partial charge in [-0.1, -0.05) is 12.1 Å². The summed E-state index contributed by atoms with van der Waals surface area (Å²) in [5.74, 6) is 0.440. The molecule has 0 spiro atoms. The van der Waals surface area contributed by atoms with Gasteiger partial charge in [0.1, 0.15) is 11.6 Å². The van der Waals surface area contributed by atoms with Crippen LogP contribution < -0.4 is 9.62 Å². The Labute approximate surface area is 182 Å². The number of aromatic nitrogens is 3. The Balaban J connectivity index is 1.54. The molecule has 2 aromatic carbocycles. The lowest BCUT2D eigenvalue weighted by molar-refractivity contribution is 0.595. The van der Waals surface area contributed by atoms with Gasteiger partial charge in [-0.3, -0.25) is 14.7 Å². The quantitative estimate of drug-likeness (QED) is 0.402. The minimum absolute atomic E-state index is 0.180. The summed E-state index contributed by atoms with van der Waals surface area (Å²) in [4.78, 5) is 5.42. The van der Waals surface area contributed by atoms with E-state index in [9.17, 15) is 8.42 Å². The van der Waals surface area contributed by atoms with E-state index in [2.05, 4.69) is 26.0 Å². The number of nitrogens with zero attached hydrogens (tertiary/aromatic N) is 3. The van der Waals surface area contributed by atoms with Gasteiger partial charge in [0.25, 0.3) is 10.0 Å². The molecule has 0 aliphatic heterocycles. The van der Waals surface area contributed by atoms with Gasteiger partial charge in [-0.15, -0.1) is 11.3 Å². The molecule has 31 heavy (non-hydrogen) atoms. The highest BCUT2D eigenvalue weighted by Gasteiger charge is 2.26. The smallest absolute Gasteiger partial charge is 0.263 e. The zero-order valence-corrected chi connectivity index (χ0v) is 17.8. The van der Waals surface area contributed by atoms with E-state index < -0.39 is 15.8 Å². The Morgan fingerprint density at radius 3 is 2.68 bits per heavy atom. The molecule has 0 atom stereocenters. The maximum atomic E-state index is 15.3. The van der Waals surface area contributed by atoms with Crippen LogP contribution >= 0.6 is 11.3 Å². The predicted octanol–water partition coefficient (Wildman–Crippen LogP) is 5.15. The molecule has 1 aliphatic carbocycles. The Kier molecular flexibility index (Phi) is 4.95. The number of hydrogen-bond acceptors (Lipinski definition) is 6. The minimum atomic E-state index is -3.96. The molecule has 2 heterocycles. The number of anilines is 4. The molecule has 10 heteroatoms. The van der Waals surface area contributed by atoms with Crippen LogP contribution in [0.3, 0.4) is 0 Å². The maximum absolute atomic E-state index is 15.3. The Hall–Kier alpha value is -3.24. The summed E-state index contributed by atoms with van der Waals surface area (Å²) >= 11 is 1.15. The third-order valence-electron chi connectivity index (χ3n) is 5.03. The van der Waals surface area contributed by atoms with Crippen LogP contribution in [-0.4, -0.2) is 23.6 Å².